The van der Waals surface area contributed by atoms with E-state index in [1.165, 1.54) is 4.90 Å². The van der Waals surface area contributed by atoms with E-state index >= 15 is 0 Å². The number of nitrogens with two attached hydrogens (primary N) is 1. The fraction of sp³-hybridized carbons (Fsp3) is 0.846. The maximum absolute atomic E-state index is 11.8. The number of unbranched alkanes of at least 4 members (excludes halogenated alkanes) is 1. The first-order chi connectivity index (χ1) is 8.38. The smallest absolute Gasteiger partial charge is 0.239 e. The van der Waals surface area contributed by atoms with Crippen molar-refractivity contribution in [1.29, 1.82) is 0 Å². The highest BCUT2D eigenvalue weighted by atomic mass is 16.2. The number of nitrogens with zero attached hydrogens (tertiary/aromatic N) is 1. The second-order valence-electron chi connectivity index (χ2n) is 5.14. The molecule has 0 bridgehead atoms. The molecule has 0 heterocycles. The van der Waals surface area contributed by atoms with Crippen LogP contribution in [0.15, 0.2) is 0 Å². The summed E-state index contributed by atoms with van der Waals surface area (Å²) >= 11 is 0. The van der Waals surface area contributed by atoms with E-state index in [0.717, 1.165) is 12.8 Å². The van der Waals surface area contributed by atoms with Crippen molar-refractivity contribution >= 4 is 11.8 Å². The SMILES string of the molecule is CCCC[C@H](N)C(=O)N(C)CC(=O)NCC(C)C. The van der Waals surface area contributed by atoms with Gasteiger partial charge >= 0.3 is 0 Å². The number of nitrogens with one attached hydrogen (secondary N) is 1. The highest BCUT2D eigenvalue weighted by Crippen LogP contribution is 2.01. The lowest BCUT2D eigenvalue weighted by molar-refractivity contribution is -0.135. The number of amides is 2. The molecule has 0 aliphatic rings. The van der Waals surface area contributed by atoms with E-state index in [4.69, 9.17) is 5.73 Å². The summed E-state index contributed by atoms with van der Waals surface area (Å²) in [5.41, 5.74) is 5.78. The Labute approximate surface area is 110 Å². The number of likely N-dealkylation sites (N-methyl/N-ethyl adjacent to an activating group) is 1. The van der Waals surface area contributed by atoms with Gasteiger partial charge in [-0.1, -0.05) is 33.6 Å². The van der Waals surface area contributed by atoms with Crippen molar-refractivity contribution in [3.8, 4) is 0 Å². The van der Waals surface area contributed by atoms with E-state index in [9.17, 15) is 9.59 Å². The Morgan fingerprint density at radius 3 is 2.44 bits per heavy atom. The Morgan fingerprint density at radius 1 is 1.33 bits per heavy atom. The van der Waals surface area contributed by atoms with Gasteiger partial charge in [0, 0.05) is 13.6 Å². The van der Waals surface area contributed by atoms with Crippen molar-refractivity contribution in [3.05, 3.63) is 0 Å². The number of carbonyl (C=O) groups is 2. The van der Waals surface area contributed by atoms with Gasteiger partial charge in [-0.05, 0) is 12.3 Å². The van der Waals surface area contributed by atoms with Gasteiger partial charge in [-0.15, -0.1) is 0 Å². The normalized spacial score (nSPS) is 12.3. The second-order valence-corrected chi connectivity index (χ2v) is 5.14. The quantitative estimate of drug-likeness (QED) is 0.673. The summed E-state index contributed by atoms with van der Waals surface area (Å²) in [6, 6.07) is -0.493. The predicted octanol–water partition coefficient (Wildman–Crippen LogP) is 0.735. The van der Waals surface area contributed by atoms with Crippen molar-refractivity contribution in [2.24, 2.45) is 11.7 Å². The number of hydrogen-bond acceptors (Lipinski definition) is 3. The summed E-state index contributed by atoms with van der Waals surface area (Å²) in [4.78, 5) is 24.8. The Hall–Kier alpha value is -1.10. The van der Waals surface area contributed by atoms with Gasteiger partial charge in [-0.25, -0.2) is 0 Å². The monoisotopic (exact) mass is 257 g/mol. The lowest BCUT2D eigenvalue weighted by Crippen LogP contribution is -2.46. The predicted molar refractivity (Wildman–Crippen MR) is 73.0 cm³/mol. The number of rotatable bonds is 8. The molecule has 0 aromatic heterocycles. The number of carbonyl (C=O) groups excluding carboxylic acids is 2. The van der Waals surface area contributed by atoms with E-state index in [1.54, 1.807) is 7.05 Å². The highest BCUT2D eigenvalue weighted by Gasteiger charge is 2.19. The molecule has 0 saturated carbocycles. The molecule has 0 saturated heterocycles. The first-order valence-electron chi connectivity index (χ1n) is 6.65. The zero-order valence-corrected chi connectivity index (χ0v) is 12.0. The van der Waals surface area contributed by atoms with Gasteiger partial charge in [0.25, 0.3) is 0 Å². The van der Waals surface area contributed by atoms with Gasteiger partial charge in [-0.2, -0.15) is 0 Å². The van der Waals surface area contributed by atoms with Crippen LogP contribution in [0.3, 0.4) is 0 Å². The molecule has 106 valence electrons. The summed E-state index contributed by atoms with van der Waals surface area (Å²) in [5, 5.41) is 2.78. The summed E-state index contributed by atoms with van der Waals surface area (Å²) in [5.74, 6) is 0.104. The molecule has 0 aromatic rings. The molecule has 2 amide bonds. The molecule has 0 fully saturated rings. The van der Waals surface area contributed by atoms with E-state index in [1.807, 2.05) is 13.8 Å². The summed E-state index contributed by atoms with van der Waals surface area (Å²) in [6.07, 6.45) is 2.62. The molecular formula is C13H27N3O2. The summed E-state index contributed by atoms with van der Waals surface area (Å²) in [7, 11) is 1.61. The molecule has 3 N–H and O–H groups in total. The van der Waals surface area contributed by atoms with Crippen molar-refractivity contribution < 1.29 is 9.59 Å². The fourth-order valence-electron chi connectivity index (χ4n) is 1.50. The second kappa shape index (κ2) is 8.91. The molecule has 0 aliphatic heterocycles. The fourth-order valence-corrected chi connectivity index (χ4v) is 1.50. The molecule has 18 heavy (non-hydrogen) atoms. The largest absolute Gasteiger partial charge is 0.354 e. The minimum Gasteiger partial charge on any atom is -0.354 e. The maximum Gasteiger partial charge on any atom is 0.239 e. The minimum absolute atomic E-state index is 0.0748. The lowest BCUT2D eigenvalue weighted by Gasteiger charge is -2.21. The van der Waals surface area contributed by atoms with Crippen molar-refractivity contribution in [1.82, 2.24) is 10.2 Å². The van der Waals surface area contributed by atoms with Crippen LogP contribution in [0.5, 0.6) is 0 Å². The van der Waals surface area contributed by atoms with Crippen LogP contribution in [0.4, 0.5) is 0 Å². The Balaban J connectivity index is 4.02. The first-order valence-corrected chi connectivity index (χ1v) is 6.65. The van der Waals surface area contributed by atoms with Gasteiger partial charge in [-0.3, -0.25) is 9.59 Å². The molecule has 0 spiro atoms. The topological polar surface area (TPSA) is 75.4 Å². The van der Waals surface area contributed by atoms with Crippen molar-refractivity contribution in [2.75, 3.05) is 20.1 Å². The molecular weight excluding hydrogens is 230 g/mol. The molecule has 0 aromatic carbocycles. The standard InChI is InChI=1S/C13H27N3O2/c1-5-6-7-11(14)13(18)16(4)9-12(17)15-8-10(2)3/h10-11H,5-9,14H2,1-4H3,(H,15,17)/t11-/m0/s1. The van der Waals surface area contributed by atoms with Crippen LogP contribution in [0.2, 0.25) is 0 Å². The van der Waals surface area contributed by atoms with Crippen LogP contribution in [0.25, 0.3) is 0 Å². The average molecular weight is 257 g/mol. The van der Waals surface area contributed by atoms with Crippen LogP contribution in [0, 0.1) is 5.92 Å². The number of hydrogen-bond donors (Lipinski definition) is 2. The average Bonchev–Trinajstić information content (AvgIpc) is 2.32. The minimum atomic E-state index is -0.493. The Morgan fingerprint density at radius 2 is 1.94 bits per heavy atom. The van der Waals surface area contributed by atoms with Gasteiger partial charge in [0.15, 0.2) is 0 Å². The third-order valence-electron chi connectivity index (χ3n) is 2.65. The Kier molecular flexibility index (Phi) is 8.37. The molecule has 5 heteroatoms. The third-order valence-corrected chi connectivity index (χ3v) is 2.65. The van der Waals surface area contributed by atoms with Crippen LogP contribution in [0.1, 0.15) is 40.0 Å². The Bertz CT molecular complexity index is 267. The first kappa shape index (κ1) is 16.9. The van der Waals surface area contributed by atoms with Gasteiger partial charge in [0.05, 0.1) is 12.6 Å². The molecule has 1 atom stereocenters. The molecule has 0 unspecified atom stereocenters. The molecule has 0 radical (unpaired) electrons. The van der Waals surface area contributed by atoms with E-state index in [-0.39, 0.29) is 18.4 Å². The maximum atomic E-state index is 11.8. The van der Waals surface area contributed by atoms with Crippen LogP contribution >= 0.6 is 0 Å². The zero-order valence-electron chi connectivity index (χ0n) is 12.0. The molecule has 0 rings (SSSR count). The van der Waals surface area contributed by atoms with E-state index in [2.05, 4.69) is 12.2 Å². The van der Waals surface area contributed by atoms with E-state index < -0.39 is 6.04 Å². The summed E-state index contributed by atoms with van der Waals surface area (Å²) < 4.78 is 0. The van der Waals surface area contributed by atoms with Crippen LogP contribution in [-0.2, 0) is 9.59 Å². The third kappa shape index (κ3) is 7.27. The lowest BCUT2D eigenvalue weighted by atomic mass is 10.1. The molecule has 0 aliphatic carbocycles. The van der Waals surface area contributed by atoms with E-state index in [0.29, 0.717) is 18.9 Å². The van der Waals surface area contributed by atoms with Gasteiger partial charge in [0.1, 0.15) is 0 Å². The van der Waals surface area contributed by atoms with Crippen molar-refractivity contribution in [2.45, 2.75) is 46.1 Å². The van der Waals surface area contributed by atoms with Crippen LogP contribution < -0.4 is 11.1 Å². The zero-order chi connectivity index (χ0) is 14.1. The van der Waals surface area contributed by atoms with Gasteiger partial charge in [0.2, 0.25) is 11.8 Å². The highest BCUT2D eigenvalue weighted by molar-refractivity contribution is 5.87. The van der Waals surface area contributed by atoms with Crippen molar-refractivity contribution in [3.63, 3.8) is 0 Å². The van der Waals surface area contributed by atoms with Gasteiger partial charge < -0.3 is 16.0 Å². The molecule has 5 nitrogen and oxygen atoms in total. The summed E-state index contributed by atoms with van der Waals surface area (Å²) in [6.45, 7) is 6.81. The van der Waals surface area contributed by atoms with Crippen LogP contribution in [-0.4, -0.2) is 42.9 Å².